The molecule has 1 rings (SSSR count). The lowest BCUT2D eigenvalue weighted by molar-refractivity contribution is 0.160. The minimum atomic E-state index is -0.220. The van der Waals surface area contributed by atoms with Gasteiger partial charge < -0.3 is 10.4 Å². The third-order valence-electron chi connectivity index (χ3n) is 2.51. The van der Waals surface area contributed by atoms with E-state index in [1.165, 1.54) is 6.33 Å². The van der Waals surface area contributed by atoms with E-state index in [0.717, 1.165) is 25.9 Å². The Morgan fingerprint density at radius 2 is 2.33 bits per heavy atom. The second kappa shape index (κ2) is 5.82. The molecule has 0 saturated heterocycles. The predicted molar refractivity (Wildman–Crippen MR) is 58.4 cm³/mol. The van der Waals surface area contributed by atoms with Crippen molar-refractivity contribution in [2.75, 3.05) is 13.2 Å². The summed E-state index contributed by atoms with van der Waals surface area (Å²) in [4.78, 5) is 3.88. The maximum Gasteiger partial charge on any atom is 0.137 e. The van der Waals surface area contributed by atoms with Crippen molar-refractivity contribution in [2.24, 2.45) is 0 Å². The second-order valence-electron chi connectivity index (χ2n) is 4.05. The smallest absolute Gasteiger partial charge is 0.137 e. The molecular formula is C10H20N4O. The molecule has 0 aliphatic heterocycles. The van der Waals surface area contributed by atoms with Crippen LogP contribution in [0.1, 0.15) is 26.7 Å². The molecule has 1 aromatic rings. The van der Waals surface area contributed by atoms with Crippen LogP contribution in [0.3, 0.4) is 0 Å². The molecule has 0 aliphatic rings. The average molecular weight is 212 g/mol. The number of nitrogens with one attached hydrogen (secondary N) is 1. The van der Waals surface area contributed by atoms with Crippen molar-refractivity contribution < 1.29 is 5.11 Å². The number of nitrogens with zero attached hydrogens (tertiary/aromatic N) is 3. The van der Waals surface area contributed by atoms with E-state index in [1.807, 2.05) is 6.92 Å². The first-order valence-electron chi connectivity index (χ1n) is 5.38. The van der Waals surface area contributed by atoms with Gasteiger partial charge in [-0.2, -0.15) is 5.10 Å². The molecule has 0 spiro atoms. The number of aliphatic hydroxyl groups excluding tert-OH is 1. The summed E-state index contributed by atoms with van der Waals surface area (Å²) in [7, 11) is 0. The molecule has 0 aromatic carbocycles. The van der Waals surface area contributed by atoms with Gasteiger partial charge in [0, 0.05) is 12.1 Å². The van der Waals surface area contributed by atoms with Crippen LogP contribution in [0.4, 0.5) is 0 Å². The number of rotatable bonds is 7. The number of hydrogen-bond donors (Lipinski definition) is 2. The molecule has 1 unspecified atom stereocenters. The highest BCUT2D eigenvalue weighted by Gasteiger charge is 2.21. The van der Waals surface area contributed by atoms with Crippen LogP contribution in [0.25, 0.3) is 0 Å². The zero-order valence-corrected chi connectivity index (χ0v) is 9.48. The zero-order valence-electron chi connectivity index (χ0n) is 9.48. The van der Waals surface area contributed by atoms with E-state index >= 15 is 0 Å². The third-order valence-corrected chi connectivity index (χ3v) is 2.51. The Kier molecular flexibility index (Phi) is 4.71. The highest BCUT2D eigenvalue weighted by molar-refractivity contribution is 4.81. The van der Waals surface area contributed by atoms with Crippen LogP contribution in [-0.4, -0.2) is 38.6 Å². The molecule has 5 heteroatoms. The highest BCUT2D eigenvalue weighted by Crippen LogP contribution is 2.09. The van der Waals surface area contributed by atoms with E-state index in [4.69, 9.17) is 0 Å². The molecule has 0 bridgehead atoms. The van der Waals surface area contributed by atoms with Crippen LogP contribution in [0.5, 0.6) is 0 Å². The lowest BCUT2D eigenvalue weighted by atomic mass is 9.99. The van der Waals surface area contributed by atoms with Gasteiger partial charge in [-0.15, -0.1) is 0 Å². The zero-order chi connectivity index (χ0) is 11.1. The van der Waals surface area contributed by atoms with Gasteiger partial charge >= 0.3 is 0 Å². The van der Waals surface area contributed by atoms with E-state index in [0.29, 0.717) is 0 Å². The van der Waals surface area contributed by atoms with Gasteiger partial charge in [-0.3, -0.25) is 4.68 Å². The predicted octanol–water partition coefficient (Wildman–Crippen LogP) is 0.419. The molecule has 0 fully saturated rings. The summed E-state index contributed by atoms with van der Waals surface area (Å²) >= 11 is 0. The van der Waals surface area contributed by atoms with Crippen LogP contribution in [-0.2, 0) is 6.54 Å². The van der Waals surface area contributed by atoms with Crippen molar-refractivity contribution >= 4 is 0 Å². The van der Waals surface area contributed by atoms with Gasteiger partial charge in [0.15, 0.2) is 0 Å². The molecule has 1 heterocycles. The van der Waals surface area contributed by atoms with Crippen LogP contribution in [0.15, 0.2) is 12.7 Å². The summed E-state index contributed by atoms with van der Waals surface area (Å²) in [6, 6.07) is 0. The SMILES string of the molecule is CCCNC(C)(CO)CCn1cncn1. The van der Waals surface area contributed by atoms with Crippen molar-refractivity contribution in [1.82, 2.24) is 20.1 Å². The molecule has 0 saturated carbocycles. The standard InChI is InChI=1S/C10H20N4O/c1-3-5-12-10(2,7-15)4-6-14-9-11-8-13-14/h8-9,12,15H,3-7H2,1-2H3. The Morgan fingerprint density at radius 3 is 2.87 bits per heavy atom. The van der Waals surface area contributed by atoms with Crippen LogP contribution in [0, 0.1) is 0 Å². The molecule has 15 heavy (non-hydrogen) atoms. The molecule has 0 radical (unpaired) electrons. The Hall–Kier alpha value is -0.940. The topological polar surface area (TPSA) is 63.0 Å². The third kappa shape index (κ3) is 3.97. The fourth-order valence-electron chi connectivity index (χ4n) is 1.36. The summed E-state index contributed by atoms with van der Waals surface area (Å²) in [5, 5.41) is 16.7. The normalized spacial score (nSPS) is 15.1. The summed E-state index contributed by atoms with van der Waals surface area (Å²) in [5.41, 5.74) is -0.220. The van der Waals surface area contributed by atoms with Crippen molar-refractivity contribution in [3.63, 3.8) is 0 Å². The quantitative estimate of drug-likeness (QED) is 0.687. The lowest BCUT2D eigenvalue weighted by Crippen LogP contribution is -2.46. The molecule has 0 aliphatic carbocycles. The Morgan fingerprint density at radius 1 is 1.53 bits per heavy atom. The Bertz CT molecular complexity index is 262. The molecular weight excluding hydrogens is 192 g/mol. The fourth-order valence-corrected chi connectivity index (χ4v) is 1.36. The van der Waals surface area contributed by atoms with Gasteiger partial charge in [0.1, 0.15) is 12.7 Å². The summed E-state index contributed by atoms with van der Waals surface area (Å²) in [6.45, 7) is 5.98. The average Bonchev–Trinajstić information content (AvgIpc) is 2.76. The van der Waals surface area contributed by atoms with Gasteiger partial charge in [0.2, 0.25) is 0 Å². The van der Waals surface area contributed by atoms with E-state index in [9.17, 15) is 5.11 Å². The lowest BCUT2D eigenvalue weighted by Gasteiger charge is -2.28. The first kappa shape index (κ1) is 12.1. The number of aromatic nitrogens is 3. The molecule has 0 amide bonds. The van der Waals surface area contributed by atoms with Gasteiger partial charge in [0.25, 0.3) is 0 Å². The Labute approximate surface area is 90.5 Å². The highest BCUT2D eigenvalue weighted by atomic mass is 16.3. The van der Waals surface area contributed by atoms with E-state index < -0.39 is 0 Å². The minimum Gasteiger partial charge on any atom is -0.394 e. The van der Waals surface area contributed by atoms with E-state index in [2.05, 4.69) is 22.3 Å². The van der Waals surface area contributed by atoms with Crippen molar-refractivity contribution in [3.05, 3.63) is 12.7 Å². The maximum absolute atomic E-state index is 9.33. The molecule has 5 nitrogen and oxygen atoms in total. The van der Waals surface area contributed by atoms with Crippen molar-refractivity contribution in [3.8, 4) is 0 Å². The van der Waals surface area contributed by atoms with Gasteiger partial charge in [-0.05, 0) is 26.3 Å². The summed E-state index contributed by atoms with van der Waals surface area (Å²) in [5.74, 6) is 0. The Balaban J connectivity index is 2.38. The van der Waals surface area contributed by atoms with E-state index in [-0.39, 0.29) is 12.1 Å². The van der Waals surface area contributed by atoms with Crippen LogP contribution in [0.2, 0.25) is 0 Å². The molecule has 1 aromatic heterocycles. The van der Waals surface area contributed by atoms with Gasteiger partial charge in [-0.1, -0.05) is 6.92 Å². The number of hydrogen-bond acceptors (Lipinski definition) is 4. The number of aliphatic hydroxyl groups is 1. The minimum absolute atomic E-state index is 0.141. The fraction of sp³-hybridized carbons (Fsp3) is 0.800. The largest absolute Gasteiger partial charge is 0.394 e. The first-order valence-corrected chi connectivity index (χ1v) is 5.38. The molecule has 86 valence electrons. The maximum atomic E-state index is 9.33. The van der Waals surface area contributed by atoms with Crippen LogP contribution >= 0.6 is 0 Å². The van der Waals surface area contributed by atoms with Crippen LogP contribution < -0.4 is 5.32 Å². The van der Waals surface area contributed by atoms with Gasteiger partial charge in [-0.25, -0.2) is 4.98 Å². The summed E-state index contributed by atoms with van der Waals surface area (Å²) < 4.78 is 1.78. The first-order chi connectivity index (χ1) is 7.20. The summed E-state index contributed by atoms with van der Waals surface area (Å²) in [6.07, 6.45) is 5.12. The van der Waals surface area contributed by atoms with Gasteiger partial charge in [0.05, 0.1) is 6.61 Å². The van der Waals surface area contributed by atoms with Crippen molar-refractivity contribution in [2.45, 2.75) is 38.8 Å². The monoisotopic (exact) mass is 212 g/mol. The molecule has 1 atom stereocenters. The van der Waals surface area contributed by atoms with Crippen molar-refractivity contribution in [1.29, 1.82) is 0 Å². The number of aryl methyl sites for hydroxylation is 1. The second-order valence-corrected chi connectivity index (χ2v) is 4.05. The molecule has 2 N–H and O–H groups in total. The van der Waals surface area contributed by atoms with E-state index in [1.54, 1.807) is 11.0 Å².